The van der Waals surface area contributed by atoms with Gasteiger partial charge in [0.2, 0.25) is 5.91 Å². The van der Waals surface area contributed by atoms with Gasteiger partial charge < -0.3 is 4.90 Å². The van der Waals surface area contributed by atoms with E-state index < -0.39 is 4.92 Å². The van der Waals surface area contributed by atoms with Crippen LogP contribution in [0.3, 0.4) is 0 Å². The Hall–Kier alpha value is -1.91. The van der Waals surface area contributed by atoms with Crippen molar-refractivity contribution in [2.75, 3.05) is 11.9 Å². The van der Waals surface area contributed by atoms with Crippen LogP contribution >= 0.6 is 0 Å². The zero-order valence-electron chi connectivity index (χ0n) is 10.4. The van der Waals surface area contributed by atoms with E-state index in [1.165, 1.54) is 24.9 Å². The number of anilines is 1. The van der Waals surface area contributed by atoms with Gasteiger partial charge in [-0.05, 0) is 17.5 Å². The third-order valence-corrected chi connectivity index (χ3v) is 2.70. The van der Waals surface area contributed by atoms with Crippen molar-refractivity contribution in [2.45, 2.75) is 26.7 Å². The lowest BCUT2D eigenvalue weighted by atomic mass is 10.0. The van der Waals surface area contributed by atoms with E-state index in [-0.39, 0.29) is 17.5 Å². The Morgan fingerprint density at radius 2 is 2.00 bits per heavy atom. The van der Waals surface area contributed by atoms with Crippen molar-refractivity contribution in [2.24, 2.45) is 0 Å². The Labute approximate surface area is 100 Å². The highest BCUT2D eigenvalue weighted by atomic mass is 16.6. The number of nitro benzene ring substituents is 1. The molecule has 0 aliphatic heterocycles. The molecule has 1 aromatic carbocycles. The zero-order chi connectivity index (χ0) is 13.2. The molecular formula is C12H16N2O3. The summed E-state index contributed by atoms with van der Waals surface area (Å²) in [5, 5.41) is 11.0. The molecule has 0 N–H and O–H groups in total. The van der Waals surface area contributed by atoms with Crippen LogP contribution in [0.2, 0.25) is 0 Å². The lowest BCUT2D eigenvalue weighted by molar-refractivity contribution is -0.384. The first-order valence-corrected chi connectivity index (χ1v) is 5.37. The summed E-state index contributed by atoms with van der Waals surface area (Å²) in [5.74, 6) is -0.0178. The molecule has 17 heavy (non-hydrogen) atoms. The Bertz CT molecular complexity index is 455. The maximum atomic E-state index is 11.2. The second kappa shape index (κ2) is 4.95. The molecule has 0 atom stereocenters. The summed E-state index contributed by atoms with van der Waals surface area (Å²) in [4.78, 5) is 23.1. The fourth-order valence-electron chi connectivity index (χ4n) is 1.50. The van der Waals surface area contributed by atoms with Gasteiger partial charge in [-0.3, -0.25) is 14.9 Å². The molecule has 0 aromatic heterocycles. The number of nitro groups is 1. The van der Waals surface area contributed by atoms with E-state index in [2.05, 4.69) is 0 Å². The number of hydrogen-bond acceptors (Lipinski definition) is 3. The van der Waals surface area contributed by atoms with Gasteiger partial charge in [0.05, 0.1) is 4.92 Å². The summed E-state index contributed by atoms with van der Waals surface area (Å²) >= 11 is 0. The highest BCUT2D eigenvalue weighted by Gasteiger charge is 2.20. The van der Waals surface area contributed by atoms with Gasteiger partial charge in [0.25, 0.3) is 5.69 Å². The molecule has 0 bridgehead atoms. The summed E-state index contributed by atoms with van der Waals surface area (Å²) in [6.07, 6.45) is 0. The van der Waals surface area contributed by atoms with E-state index in [1.54, 1.807) is 6.07 Å². The molecule has 0 heterocycles. The van der Waals surface area contributed by atoms with Gasteiger partial charge in [-0.1, -0.05) is 19.9 Å². The highest BCUT2D eigenvalue weighted by molar-refractivity contribution is 5.93. The standard InChI is InChI=1S/C12H16N2O3/c1-8(2)10-5-6-11(13(4)9(3)15)12(7-10)14(16)17/h5-8H,1-4H3. The lowest BCUT2D eigenvalue weighted by Crippen LogP contribution is -2.23. The SMILES string of the molecule is CC(=O)N(C)c1ccc(C(C)C)cc1[N+](=O)[O-]. The minimum Gasteiger partial charge on any atom is -0.310 e. The summed E-state index contributed by atoms with van der Waals surface area (Å²) in [6, 6.07) is 4.96. The van der Waals surface area contributed by atoms with Gasteiger partial charge in [0.1, 0.15) is 5.69 Å². The fourth-order valence-corrected chi connectivity index (χ4v) is 1.50. The van der Waals surface area contributed by atoms with Crippen LogP contribution in [0.4, 0.5) is 11.4 Å². The molecule has 5 nitrogen and oxygen atoms in total. The molecule has 0 radical (unpaired) electrons. The number of hydrogen-bond donors (Lipinski definition) is 0. The maximum absolute atomic E-state index is 11.2. The van der Waals surface area contributed by atoms with Crippen molar-refractivity contribution < 1.29 is 9.72 Å². The smallest absolute Gasteiger partial charge is 0.293 e. The van der Waals surface area contributed by atoms with Crippen molar-refractivity contribution in [3.05, 3.63) is 33.9 Å². The largest absolute Gasteiger partial charge is 0.310 e. The Morgan fingerprint density at radius 1 is 1.41 bits per heavy atom. The Balaban J connectivity index is 3.32. The summed E-state index contributed by atoms with van der Waals surface area (Å²) < 4.78 is 0. The second-order valence-corrected chi connectivity index (χ2v) is 4.24. The molecule has 0 spiro atoms. The van der Waals surface area contributed by atoms with Crippen LogP contribution in [0.1, 0.15) is 32.3 Å². The third-order valence-electron chi connectivity index (χ3n) is 2.70. The van der Waals surface area contributed by atoms with E-state index in [9.17, 15) is 14.9 Å². The van der Waals surface area contributed by atoms with Crippen LogP contribution in [0.5, 0.6) is 0 Å². The Kier molecular flexibility index (Phi) is 3.83. The maximum Gasteiger partial charge on any atom is 0.293 e. The van der Waals surface area contributed by atoms with Crippen LogP contribution in [-0.2, 0) is 4.79 Å². The average Bonchev–Trinajstić information content (AvgIpc) is 2.26. The van der Waals surface area contributed by atoms with Crippen LogP contribution < -0.4 is 4.90 Å². The first-order valence-electron chi connectivity index (χ1n) is 5.37. The molecule has 1 aromatic rings. The molecule has 1 amide bonds. The second-order valence-electron chi connectivity index (χ2n) is 4.24. The number of carbonyl (C=O) groups is 1. The fraction of sp³-hybridized carbons (Fsp3) is 0.417. The first-order chi connectivity index (χ1) is 7.84. The predicted molar refractivity (Wildman–Crippen MR) is 66.3 cm³/mol. The molecule has 0 aliphatic rings. The van der Waals surface area contributed by atoms with Gasteiger partial charge in [-0.2, -0.15) is 0 Å². The van der Waals surface area contributed by atoms with Gasteiger partial charge in [0, 0.05) is 20.0 Å². The van der Waals surface area contributed by atoms with Crippen LogP contribution in [0.15, 0.2) is 18.2 Å². The average molecular weight is 236 g/mol. The summed E-state index contributed by atoms with van der Waals surface area (Å²) in [5.41, 5.74) is 1.18. The molecule has 0 aliphatic carbocycles. The minimum absolute atomic E-state index is 0.0334. The van der Waals surface area contributed by atoms with Crippen LogP contribution in [-0.4, -0.2) is 17.9 Å². The van der Waals surface area contributed by atoms with Crippen molar-refractivity contribution in [3.63, 3.8) is 0 Å². The number of rotatable bonds is 3. The highest BCUT2D eigenvalue weighted by Crippen LogP contribution is 2.30. The van der Waals surface area contributed by atoms with Crippen molar-refractivity contribution in [3.8, 4) is 0 Å². The van der Waals surface area contributed by atoms with Gasteiger partial charge in [0.15, 0.2) is 0 Å². The predicted octanol–water partition coefficient (Wildman–Crippen LogP) is 2.70. The molecule has 0 saturated heterocycles. The monoisotopic (exact) mass is 236 g/mol. The number of nitrogens with zero attached hydrogens (tertiary/aromatic N) is 2. The molecule has 1 rings (SSSR count). The molecule has 92 valence electrons. The molecule has 0 unspecified atom stereocenters. The van der Waals surface area contributed by atoms with Crippen molar-refractivity contribution in [1.82, 2.24) is 0 Å². The van der Waals surface area contributed by atoms with E-state index in [0.29, 0.717) is 5.69 Å². The van der Waals surface area contributed by atoms with Gasteiger partial charge in [-0.25, -0.2) is 0 Å². The van der Waals surface area contributed by atoms with Crippen LogP contribution in [0.25, 0.3) is 0 Å². The zero-order valence-corrected chi connectivity index (χ0v) is 10.4. The quantitative estimate of drug-likeness (QED) is 0.598. The summed E-state index contributed by atoms with van der Waals surface area (Å²) in [6.45, 7) is 5.31. The minimum atomic E-state index is -0.458. The molecule has 5 heteroatoms. The number of carbonyl (C=O) groups excluding carboxylic acids is 1. The number of amides is 1. The third kappa shape index (κ3) is 2.81. The molecular weight excluding hydrogens is 220 g/mol. The number of benzene rings is 1. The van der Waals surface area contributed by atoms with Gasteiger partial charge >= 0.3 is 0 Å². The summed E-state index contributed by atoms with van der Waals surface area (Å²) in [7, 11) is 1.53. The van der Waals surface area contributed by atoms with Gasteiger partial charge in [-0.15, -0.1) is 0 Å². The first kappa shape index (κ1) is 13.2. The van der Waals surface area contributed by atoms with Crippen LogP contribution in [0, 0.1) is 10.1 Å². The molecule has 0 fully saturated rings. The molecule has 0 saturated carbocycles. The van der Waals surface area contributed by atoms with E-state index in [0.717, 1.165) is 5.56 Å². The van der Waals surface area contributed by atoms with E-state index in [1.807, 2.05) is 19.9 Å². The van der Waals surface area contributed by atoms with E-state index in [4.69, 9.17) is 0 Å². The normalized spacial score (nSPS) is 10.4. The Morgan fingerprint density at radius 3 is 2.41 bits per heavy atom. The lowest BCUT2D eigenvalue weighted by Gasteiger charge is -2.16. The van der Waals surface area contributed by atoms with Crippen molar-refractivity contribution >= 4 is 17.3 Å². The van der Waals surface area contributed by atoms with E-state index >= 15 is 0 Å². The topological polar surface area (TPSA) is 63.5 Å². The van der Waals surface area contributed by atoms with Crippen molar-refractivity contribution in [1.29, 1.82) is 0 Å².